The Morgan fingerprint density at radius 1 is 1.05 bits per heavy atom. The molecule has 3 rings (SSSR count). The van der Waals surface area contributed by atoms with Gasteiger partial charge in [0.1, 0.15) is 17.2 Å². The van der Waals surface area contributed by atoms with Gasteiger partial charge >= 0.3 is 0 Å². The minimum atomic E-state index is 0.246. The van der Waals surface area contributed by atoms with E-state index in [1.165, 1.54) is 0 Å². The molecular formula is C16H17NO4. The van der Waals surface area contributed by atoms with E-state index in [4.69, 9.17) is 24.7 Å². The molecule has 5 heteroatoms. The maximum atomic E-state index is 5.88. The van der Waals surface area contributed by atoms with Crippen LogP contribution in [0.2, 0.25) is 0 Å². The fourth-order valence-corrected chi connectivity index (χ4v) is 1.99. The smallest absolute Gasteiger partial charge is 0.231 e. The molecular weight excluding hydrogens is 270 g/mol. The van der Waals surface area contributed by atoms with Crippen LogP contribution in [0, 0.1) is 0 Å². The third-order valence-corrected chi connectivity index (χ3v) is 3.03. The van der Waals surface area contributed by atoms with Gasteiger partial charge < -0.3 is 24.7 Å². The van der Waals surface area contributed by atoms with Crippen LogP contribution in [0.1, 0.15) is 13.3 Å². The van der Waals surface area contributed by atoms with Crippen LogP contribution in [0.3, 0.4) is 0 Å². The highest BCUT2D eigenvalue weighted by Gasteiger charge is 2.14. The van der Waals surface area contributed by atoms with Crippen LogP contribution >= 0.6 is 0 Å². The molecule has 21 heavy (non-hydrogen) atoms. The minimum Gasteiger partial charge on any atom is -0.491 e. The Morgan fingerprint density at radius 3 is 2.67 bits per heavy atom. The number of anilines is 1. The summed E-state index contributed by atoms with van der Waals surface area (Å²) in [5, 5.41) is 0. The van der Waals surface area contributed by atoms with Crippen molar-refractivity contribution in [3.05, 3.63) is 36.4 Å². The van der Waals surface area contributed by atoms with Crippen molar-refractivity contribution in [2.24, 2.45) is 0 Å². The van der Waals surface area contributed by atoms with Crippen molar-refractivity contribution >= 4 is 5.69 Å². The summed E-state index contributed by atoms with van der Waals surface area (Å²) in [6.07, 6.45) is 0.923. The lowest BCUT2D eigenvalue weighted by atomic mass is 10.2. The lowest BCUT2D eigenvalue weighted by Crippen LogP contribution is -1.99. The van der Waals surface area contributed by atoms with E-state index >= 15 is 0 Å². The Bertz CT molecular complexity index is 642. The SMILES string of the molecule is CCCOc1cc(Oc2ccc3c(c2)OCO3)ccc1N. The van der Waals surface area contributed by atoms with Crippen molar-refractivity contribution in [2.45, 2.75) is 13.3 Å². The van der Waals surface area contributed by atoms with Crippen molar-refractivity contribution in [1.29, 1.82) is 0 Å². The summed E-state index contributed by atoms with van der Waals surface area (Å²) in [5.41, 5.74) is 6.48. The zero-order valence-corrected chi connectivity index (χ0v) is 11.8. The molecule has 1 aliphatic rings. The van der Waals surface area contributed by atoms with Gasteiger partial charge in [0.2, 0.25) is 6.79 Å². The van der Waals surface area contributed by atoms with Crippen molar-refractivity contribution in [3.8, 4) is 28.7 Å². The van der Waals surface area contributed by atoms with Gasteiger partial charge in [-0.05, 0) is 30.7 Å². The Labute approximate surface area is 123 Å². The van der Waals surface area contributed by atoms with E-state index in [0.717, 1.165) is 12.2 Å². The van der Waals surface area contributed by atoms with Gasteiger partial charge in [-0.15, -0.1) is 0 Å². The first-order chi connectivity index (χ1) is 10.3. The van der Waals surface area contributed by atoms with Gasteiger partial charge in [-0.3, -0.25) is 0 Å². The molecule has 0 spiro atoms. The number of fused-ring (bicyclic) bond motifs is 1. The van der Waals surface area contributed by atoms with Gasteiger partial charge in [-0.1, -0.05) is 6.92 Å². The molecule has 2 aromatic rings. The predicted octanol–water partition coefficient (Wildman–Crippen LogP) is 3.58. The monoisotopic (exact) mass is 287 g/mol. The largest absolute Gasteiger partial charge is 0.491 e. The number of nitrogen functional groups attached to an aromatic ring is 1. The van der Waals surface area contributed by atoms with Crippen molar-refractivity contribution in [3.63, 3.8) is 0 Å². The van der Waals surface area contributed by atoms with Crippen molar-refractivity contribution < 1.29 is 18.9 Å². The van der Waals surface area contributed by atoms with E-state index in [1.807, 2.05) is 19.1 Å². The molecule has 0 saturated heterocycles. The Hall–Kier alpha value is -2.56. The van der Waals surface area contributed by atoms with Crippen LogP contribution in [0.5, 0.6) is 28.7 Å². The highest BCUT2D eigenvalue weighted by Crippen LogP contribution is 2.37. The summed E-state index contributed by atoms with van der Waals surface area (Å²) in [7, 11) is 0. The molecule has 0 bridgehead atoms. The zero-order chi connectivity index (χ0) is 14.7. The Kier molecular flexibility index (Phi) is 3.73. The van der Waals surface area contributed by atoms with Crippen molar-refractivity contribution in [2.75, 3.05) is 19.1 Å². The summed E-state index contributed by atoms with van der Waals surface area (Å²) >= 11 is 0. The molecule has 2 N–H and O–H groups in total. The van der Waals surface area contributed by atoms with Gasteiger partial charge in [-0.25, -0.2) is 0 Å². The number of benzene rings is 2. The highest BCUT2D eigenvalue weighted by atomic mass is 16.7. The molecule has 5 nitrogen and oxygen atoms in total. The molecule has 110 valence electrons. The van der Waals surface area contributed by atoms with E-state index in [9.17, 15) is 0 Å². The van der Waals surface area contributed by atoms with Crippen molar-refractivity contribution in [1.82, 2.24) is 0 Å². The molecule has 1 aliphatic heterocycles. The van der Waals surface area contributed by atoms with Crippen LogP contribution in [-0.4, -0.2) is 13.4 Å². The van der Waals surface area contributed by atoms with Crippen LogP contribution in [0.15, 0.2) is 36.4 Å². The second kappa shape index (κ2) is 5.83. The molecule has 0 aliphatic carbocycles. The van der Waals surface area contributed by atoms with Gasteiger partial charge in [-0.2, -0.15) is 0 Å². The fourth-order valence-electron chi connectivity index (χ4n) is 1.99. The predicted molar refractivity (Wildman–Crippen MR) is 79.3 cm³/mol. The first-order valence-electron chi connectivity index (χ1n) is 6.86. The Morgan fingerprint density at radius 2 is 1.81 bits per heavy atom. The lowest BCUT2D eigenvalue weighted by Gasteiger charge is -2.11. The van der Waals surface area contributed by atoms with Crippen LogP contribution in [0.4, 0.5) is 5.69 Å². The molecule has 0 unspecified atom stereocenters. The van der Waals surface area contributed by atoms with Gasteiger partial charge in [0.05, 0.1) is 12.3 Å². The average molecular weight is 287 g/mol. The Balaban J connectivity index is 1.78. The summed E-state index contributed by atoms with van der Waals surface area (Å²) < 4.78 is 22.0. The maximum absolute atomic E-state index is 5.88. The summed E-state index contributed by atoms with van der Waals surface area (Å²) in [5.74, 6) is 3.38. The third kappa shape index (κ3) is 2.97. The number of nitrogens with two attached hydrogens (primary N) is 1. The van der Waals surface area contributed by atoms with E-state index in [-0.39, 0.29) is 6.79 Å². The van der Waals surface area contributed by atoms with Gasteiger partial charge in [0.15, 0.2) is 11.5 Å². The number of rotatable bonds is 5. The third-order valence-electron chi connectivity index (χ3n) is 3.03. The summed E-state index contributed by atoms with van der Waals surface area (Å²) in [6.45, 7) is 2.91. The number of hydrogen-bond donors (Lipinski definition) is 1. The molecule has 0 amide bonds. The first kappa shape index (κ1) is 13.4. The van der Waals surface area contributed by atoms with E-state index in [2.05, 4.69) is 0 Å². The van der Waals surface area contributed by atoms with Gasteiger partial charge in [0, 0.05) is 12.1 Å². The molecule has 1 heterocycles. The summed E-state index contributed by atoms with van der Waals surface area (Å²) in [4.78, 5) is 0. The molecule has 0 fully saturated rings. The maximum Gasteiger partial charge on any atom is 0.231 e. The molecule has 0 aromatic heterocycles. The molecule has 2 aromatic carbocycles. The first-order valence-corrected chi connectivity index (χ1v) is 6.86. The number of hydrogen-bond acceptors (Lipinski definition) is 5. The van der Waals surface area contributed by atoms with E-state index in [0.29, 0.717) is 35.3 Å². The fraction of sp³-hybridized carbons (Fsp3) is 0.250. The zero-order valence-electron chi connectivity index (χ0n) is 11.8. The normalized spacial score (nSPS) is 12.2. The molecule has 0 saturated carbocycles. The molecule has 0 radical (unpaired) electrons. The van der Waals surface area contributed by atoms with Gasteiger partial charge in [0.25, 0.3) is 0 Å². The standard InChI is InChI=1S/C16H17NO4/c1-2-7-18-15-8-11(3-5-13(15)17)21-12-4-6-14-16(9-12)20-10-19-14/h3-6,8-9H,2,7,10,17H2,1H3. The van der Waals surface area contributed by atoms with Crippen LogP contribution < -0.4 is 24.7 Å². The highest BCUT2D eigenvalue weighted by molar-refractivity contribution is 5.56. The number of ether oxygens (including phenoxy) is 4. The lowest BCUT2D eigenvalue weighted by molar-refractivity contribution is 0.174. The quantitative estimate of drug-likeness (QED) is 0.852. The van der Waals surface area contributed by atoms with E-state index in [1.54, 1.807) is 24.3 Å². The minimum absolute atomic E-state index is 0.246. The summed E-state index contributed by atoms with van der Waals surface area (Å²) in [6, 6.07) is 10.8. The second-order valence-corrected chi connectivity index (χ2v) is 4.67. The second-order valence-electron chi connectivity index (χ2n) is 4.67. The van der Waals surface area contributed by atoms with Crippen LogP contribution in [0.25, 0.3) is 0 Å². The van der Waals surface area contributed by atoms with E-state index < -0.39 is 0 Å². The van der Waals surface area contributed by atoms with Crippen LogP contribution in [-0.2, 0) is 0 Å². The molecule has 0 atom stereocenters. The average Bonchev–Trinajstić information content (AvgIpc) is 2.95. The topological polar surface area (TPSA) is 62.9 Å².